The number of hydrogen-bond donors (Lipinski definition) is 0. The smallest absolute Gasteiger partial charge is 0.255 e. The third-order valence-electron chi connectivity index (χ3n) is 5.13. The maximum absolute atomic E-state index is 13.1. The molecule has 0 bridgehead atoms. The molecule has 29 heavy (non-hydrogen) atoms. The second kappa shape index (κ2) is 8.78. The van der Waals surface area contributed by atoms with Gasteiger partial charge in [-0.15, -0.1) is 11.8 Å². The van der Waals surface area contributed by atoms with Gasteiger partial charge in [0.05, 0.1) is 11.3 Å². The van der Waals surface area contributed by atoms with Gasteiger partial charge in [-0.2, -0.15) is 0 Å². The first-order valence-corrected chi connectivity index (χ1v) is 10.7. The highest BCUT2D eigenvalue weighted by Gasteiger charge is 2.21. The van der Waals surface area contributed by atoms with Crippen LogP contribution in [0.25, 0.3) is 0 Å². The Hall–Kier alpha value is -2.67. The lowest BCUT2D eigenvalue weighted by Gasteiger charge is -2.20. The van der Waals surface area contributed by atoms with E-state index in [9.17, 15) is 9.59 Å². The summed E-state index contributed by atoms with van der Waals surface area (Å²) in [6.07, 6.45) is 2.16. The average Bonchev–Trinajstić information content (AvgIpc) is 3.43. The van der Waals surface area contributed by atoms with Crippen LogP contribution in [0.1, 0.15) is 28.8 Å². The summed E-state index contributed by atoms with van der Waals surface area (Å²) in [7, 11) is 1.78. The molecule has 1 fully saturated rings. The highest BCUT2D eigenvalue weighted by molar-refractivity contribution is 8.00. The van der Waals surface area contributed by atoms with Gasteiger partial charge in [-0.1, -0.05) is 18.2 Å². The summed E-state index contributed by atoms with van der Waals surface area (Å²) in [4.78, 5) is 29.8. The Morgan fingerprint density at radius 1 is 1.07 bits per heavy atom. The van der Waals surface area contributed by atoms with E-state index in [1.807, 2.05) is 47.4 Å². The number of likely N-dealkylation sites (tertiary alicyclic amines) is 1. The fraction of sp³-hybridized carbons (Fsp3) is 0.364. The molecule has 0 radical (unpaired) electrons. The Balaban J connectivity index is 1.41. The van der Waals surface area contributed by atoms with Crippen molar-refractivity contribution in [1.82, 2.24) is 9.80 Å². The monoisotopic (exact) mass is 412 g/mol. The number of fused-ring (bicyclic) bond motifs is 1. The van der Waals surface area contributed by atoms with Crippen LogP contribution < -0.4 is 9.47 Å². The van der Waals surface area contributed by atoms with Crippen molar-refractivity contribution in [3.63, 3.8) is 0 Å². The highest BCUT2D eigenvalue weighted by Crippen LogP contribution is 2.33. The van der Waals surface area contributed by atoms with Gasteiger partial charge < -0.3 is 19.3 Å². The van der Waals surface area contributed by atoms with E-state index in [0.29, 0.717) is 23.6 Å². The van der Waals surface area contributed by atoms with Crippen LogP contribution in [0.4, 0.5) is 0 Å². The predicted octanol–water partition coefficient (Wildman–Crippen LogP) is 3.40. The van der Waals surface area contributed by atoms with E-state index in [0.717, 1.165) is 42.1 Å². The van der Waals surface area contributed by atoms with Crippen LogP contribution in [0.5, 0.6) is 11.5 Å². The third-order valence-corrected chi connectivity index (χ3v) is 6.19. The molecule has 7 heteroatoms. The van der Waals surface area contributed by atoms with Crippen LogP contribution in [-0.2, 0) is 11.3 Å². The molecule has 2 aromatic carbocycles. The molecular formula is C22H24N2O4S. The number of carbonyl (C=O) groups is 2. The largest absolute Gasteiger partial charge is 0.454 e. The van der Waals surface area contributed by atoms with Gasteiger partial charge in [-0.25, -0.2) is 0 Å². The van der Waals surface area contributed by atoms with E-state index in [4.69, 9.17) is 9.47 Å². The fourth-order valence-corrected chi connectivity index (χ4v) is 4.50. The number of benzene rings is 2. The SMILES string of the molecule is CN(Cc1ccc2c(c1)OCO2)C(=O)c1ccccc1SCC(=O)N1CCCC1. The Labute approximate surface area is 174 Å². The molecule has 0 N–H and O–H groups in total. The minimum Gasteiger partial charge on any atom is -0.454 e. The number of ether oxygens (including phenoxy) is 2. The molecular weight excluding hydrogens is 388 g/mol. The summed E-state index contributed by atoms with van der Waals surface area (Å²) in [5, 5.41) is 0. The van der Waals surface area contributed by atoms with Gasteiger partial charge in [0.2, 0.25) is 12.7 Å². The first-order valence-electron chi connectivity index (χ1n) is 9.75. The summed E-state index contributed by atoms with van der Waals surface area (Å²) in [6.45, 7) is 2.38. The third kappa shape index (κ3) is 4.50. The van der Waals surface area contributed by atoms with E-state index in [-0.39, 0.29) is 18.6 Å². The van der Waals surface area contributed by atoms with Crippen molar-refractivity contribution in [2.24, 2.45) is 0 Å². The van der Waals surface area contributed by atoms with E-state index in [2.05, 4.69) is 0 Å². The van der Waals surface area contributed by atoms with Crippen molar-refractivity contribution >= 4 is 23.6 Å². The first-order chi connectivity index (χ1) is 14.1. The van der Waals surface area contributed by atoms with Crippen molar-refractivity contribution < 1.29 is 19.1 Å². The second-order valence-electron chi connectivity index (χ2n) is 7.22. The standard InChI is InChI=1S/C22H24N2O4S/c1-23(13-16-8-9-18-19(12-16)28-15-27-18)22(26)17-6-2-3-7-20(17)29-14-21(25)24-10-4-5-11-24/h2-3,6-9,12H,4-5,10-11,13-15H2,1H3. The van der Waals surface area contributed by atoms with Crippen molar-refractivity contribution in [3.05, 3.63) is 53.6 Å². The van der Waals surface area contributed by atoms with Crippen molar-refractivity contribution in [1.29, 1.82) is 0 Å². The Kier molecular flexibility index (Phi) is 5.94. The Bertz CT molecular complexity index is 911. The molecule has 2 aliphatic rings. The van der Waals surface area contributed by atoms with Gasteiger partial charge >= 0.3 is 0 Å². The predicted molar refractivity (Wildman–Crippen MR) is 111 cm³/mol. The van der Waals surface area contributed by atoms with E-state index < -0.39 is 0 Å². The van der Waals surface area contributed by atoms with Crippen molar-refractivity contribution in [2.45, 2.75) is 24.3 Å². The van der Waals surface area contributed by atoms with Crippen LogP contribution in [0.15, 0.2) is 47.4 Å². The van der Waals surface area contributed by atoms with Crippen molar-refractivity contribution in [2.75, 3.05) is 32.7 Å². The van der Waals surface area contributed by atoms with E-state index >= 15 is 0 Å². The molecule has 4 rings (SSSR count). The quantitative estimate of drug-likeness (QED) is 0.681. The maximum atomic E-state index is 13.1. The molecule has 6 nitrogen and oxygen atoms in total. The molecule has 1 saturated heterocycles. The number of amides is 2. The lowest BCUT2D eigenvalue weighted by Crippen LogP contribution is -2.29. The second-order valence-corrected chi connectivity index (χ2v) is 8.24. The topological polar surface area (TPSA) is 59.1 Å². The van der Waals surface area contributed by atoms with Gasteiger partial charge in [0.25, 0.3) is 5.91 Å². The summed E-state index contributed by atoms with van der Waals surface area (Å²) >= 11 is 1.44. The first kappa shape index (κ1) is 19.6. The number of nitrogens with zero attached hydrogens (tertiary/aromatic N) is 2. The van der Waals surface area contributed by atoms with Gasteiger partial charge in [-0.3, -0.25) is 9.59 Å². The number of hydrogen-bond acceptors (Lipinski definition) is 5. The lowest BCUT2D eigenvalue weighted by molar-refractivity contribution is -0.127. The zero-order valence-electron chi connectivity index (χ0n) is 16.4. The minimum atomic E-state index is -0.0700. The molecule has 0 unspecified atom stereocenters. The van der Waals surface area contributed by atoms with Crippen LogP contribution in [0.3, 0.4) is 0 Å². The zero-order chi connectivity index (χ0) is 20.2. The molecule has 152 valence electrons. The van der Waals surface area contributed by atoms with E-state index in [1.165, 1.54) is 11.8 Å². The van der Waals surface area contributed by atoms with Gasteiger partial charge in [0.15, 0.2) is 11.5 Å². The van der Waals surface area contributed by atoms with Gasteiger partial charge in [0.1, 0.15) is 0 Å². The minimum absolute atomic E-state index is 0.0700. The molecule has 0 aliphatic carbocycles. The number of thioether (sulfide) groups is 1. The molecule has 0 saturated carbocycles. The summed E-state index contributed by atoms with van der Waals surface area (Å²) < 4.78 is 10.8. The van der Waals surface area contributed by atoms with Gasteiger partial charge in [0, 0.05) is 31.6 Å². The highest BCUT2D eigenvalue weighted by atomic mass is 32.2. The normalized spacial score (nSPS) is 14.9. The average molecular weight is 413 g/mol. The van der Waals surface area contributed by atoms with Crippen LogP contribution >= 0.6 is 11.8 Å². The molecule has 2 aromatic rings. The summed E-state index contributed by atoms with van der Waals surface area (Å²) in [6, 6.07) is 13.2. The molecule has 2 aliphatic heterocycles. The maximum Gasteiger partial charge on any atom is 0.255 e. The van der Waals surface area contributed by atoms with Gasteiger partial charge in [-0.05, 0) is 42.7 Å². The number of carbonyl (C=O) groups excluding carboxylic acids is 2. The van der Waals surface area contributed by atoms with Crippen LogP contribution in [0.2, 0.25) is 0 Å². The molecule has 2 amide bonds. The summed E-state index contributed by atoms with van der Waals surface area (Å²) in [5.41, 5.74) is 1.59. The van der Waals surface area contributed by atoms with Crippen LogP contribution in [-0.4, -0.2) is 54.3 Å². The lowest BCUT2D eigenvalue weighted by atomic mass is 10.1. The van der Waals surface area contributed by atoms with Crippen molar-refractivity contribution in [3.8, 4) is 11.5 Å². The molecule has 0 atom stereocenters. The fourth-order valence-electron chi connectivity index (χ4n) is 3.56. The zero-order valence-corrected chi connectivity index (χ0v) is 17.2. The Morgan fingerprint density at radius 2 is 1.83 bits per heavy atom. The molecule has 2 heterocycles. The van der Waals surface area contributed by atoms with Crippen LogP contribution in [0, 0.1) is 0 Å². The molecule has 0 spiro atoms. The summed E-state index contributed by atoms with van der Waals surface area (Å²) in [5.74, 6) is 1.87. The molecule has 0 aromatic heterocycles. The number of rotatable bonds is 6. The van der Waals surface area contributed by atoms with E-state index in [1.54, 1.807) is 11.9 Å². The Morgan fingerprint density at radius 3 is 2.66 bits per heavy atom.